The number of nitriles is 4. The summed E-state index contributed by atoms with van der Waals surface area (Å²) in [5.74, 6) is -10.2. The first-order chi connectivity index (χ1) is 24.2. The molecule has 288 valence electrons. The number of carboxylic acid groups (broad SMARTS) is 4. The van der Waals surface area contributed by atoms with Crippen LogP contribution in [0.25, 0.3) is 0 Å². The Morgan fingerprint density at radius 1 is 0.377 bits per heavy atom. The molecule has 0 aromatic heterocycles. The van der Waals surface area contributed by atoms with Crippen LogP contribution in [-0.2, 0) is 83.5 Å². The molecular weight excluding hydrogens is 788 g/mol. The molecule has 0 heterocycles. The molecule has 20 nitrogen and oxygen atoms in total. The van der Waals surface area contributed by atoms with Crippen LogP contribution in [0.15, 0.2) is 0 Å². The third kappa shape index (κ3) is 15.0. The molecule has 0 atom stereocenters. The number of aliphatic carboxylic acids is 4. The van der Waals surface area contributed by atoms with E-state index in [4.69, 9.17) is 21.0 Å². The molecule has 53 heavy (non-hydrogen) atoms. The standard InChI is InChI=1S/4C8H11NO4.Zr/c4*1-3-8(4-2,6(10)11)7(12)13-5-9;/h4*3-4H2,1-2H3,(H,10,11);/q;;;;+4/p-4. The summed E-state index contributed by atoms with van der Waals surface area (Å²) in [5.41, 5.74) is -6.74. The van der Waals surface area contributed by atoms with E-state index in [9.17, 15) is 58.8 Å². The molecule has 0 radical (unpaired) electrons. The second kappa shape index (κ2) is 28.2. The Balaban J connectivity index is -0.000000192. The third-order valence-electron chi connectivity index (χ3n) is 8.51. The van der Waals surface area contributed by atoms with Crippen molar-refractivity contribution >= 4 is 47.8 Å². The van der Waals surface area contributed by atoms with Gasteiger partial charge in [-0.1, -0.05) is 55.4 Å². The van der Waals surface area contributed by atoms with Gasteiger partial charge in [0.2, 0.25) is 0 Å². The summed E-state index contributed by atoms with van der Waals surface area (Å²) < 4.78 is 16.0. The second-order valence-electron chi connectivity index (χ2n) is 10.2. The van der Waals surface area contributed by atoms with E-state index >= 15 is 0 Å². The van der Waals surface area contributed by atoms with Gasteiger partial charge in [0.15, 0.2) is 0 Å². The summed E-state index contributed by atoms with van der Waals surface area (Å²) in [6, 6.07) is 0. The van der Waals surface area contributed by atoms with E-state index < -0.39 is 69.4 Å². The van der Waals surface area contributed by atoms with Crippen molar-refractivity contribution in [2.24, 2.45) is 21.7 Å². The summed E-state index contributed by atoms with van der Waals surface area (Å²) in [7, 11) is 0. The van der Waals surface area contributed by atoms with Gasteiger partial charge in [-0.3, -0.25) is 0 Å². The largest absolute Gasteiger partial charge is 4.00 e. The predicted molar refractivity (Wildman–Crippen MR) is 159 cm³/mol. The molecule has 0 N–H and O–H groups in total. The maximum Gasteiger partial charge on any atom is 4.00 e. The van der Waals surface area contributed by atoms with Crippen LogP contribution in [0.1, 0.15) is 107 Å². The zero-order valence-electron chi connectivity index (χ0n) is 30.5. The van der Waals surface area contributed by atoms with E-state index in [1.165, 1.54) is 55.4 Å². The molecule has 0 unspecified atom stereocenters. The Hall–Kier alpha value is -5.40. The maximum absolute atomic E-state index is 11.1. The van der Waals surface area contributed by atoms with Crippen molar-refractivity contribution < 1.29 is 104 Å². The van der Waals surface area contributed by atoms with Crippen LogP contribution in [0, 0.1) is 67.7 Å². The fourth-order valence-electron chi connectivity index (χ4n) is 4.20. The third-order valence-corrected chi connectivity index (χ3v) is 8.51. The monoisotopic (exact) mass is 826 g/mol. The van der Waals surface area contributed by atoms with Crippen LogP contribution >= 0.6 is 0 Å². The number of nitrogens with zero attached hydrogens (tertiary/aromatic N) is 4. The summed E-state index contributed by atoms with van der Waals surface area (Å²) in [6.07, 6.45) is 5.01. The molecule has 0 saturated carbocycles. The number of carbonyl (C=O) groups is 8. The number of hydrogen-bond donors (Lipinski definition) is 0. The van der Waals surface area contributed by atoms with Crippen LogP contribution < -0.4 is 20.4 Å². The molecule has 0 bridgehead atoms. The Morgan fingerprint density at radius 2 is 0.491 bits per heavy atom. The fraction of sp³-hybridized carbons (Fsp3) is 0.625. The first kappa shape index (κ1) is 57.0. The van der Waals surface area contributed by atoms with Crippen LogP contribution in [0.3, 0.4) is 0 Å². The van der Waals surface area contributed by atoms with Crippen LogP contribution in [0.4, 0.5) is 0 Å². The Kier molecular flexibility index (Phi) is 30.3. The minimum absolute atomic E-state index is 0. The smallest absolute Gasteiger partial charge is 0.549 e. The van der Waals surface area contributed by atoms with Crippen molar-refractivity contribution in [3.8, 4) is 25.0 Å². The van der Waals surface area contributed by atoms with E-state index in [-0.39, 0.29) is 77.6 Å². The number of rotatable bonds is 16. The van der Waals surface area contributed by atoms with Gasteiger partial charge in [-0.2, -0.15) is 0 Å². The first-order valence-electron chi connectivity index (χ1n) is 15.5. The van der Waals surface area contributed by atoms with Gasteiger partial charge in [0, 0.05) is 0 Å². The molecular formula is C32H40N4O16Zr. The van der Waals surface area contributed by atoms with Crippen molar-refractivity contribution in [3.63, 3.8) is 0 Å². The van der Waals surface area contributed by atoms with Gasteiger partial charge in [0.1, 0.15) is 21.7 Å². The van der Waals surface area contributed by atoms with Gasteiger partial charge in [0.25, 0.3) is 25.0 Å². The number of ether oxygens (including phenoxy) is 4. The van der Waals surface area contributed by atoms with Gasteiger partial charge >= 0.3 is 50.1 Å². The molecule has 0 fully saturated rings. The van der Waals surface area contributed by atoms with Crippen LogP contribution in [-0.4, -0.2) is 47.8 Å². The SMILES string of the molecule is CCC(CC)(C(=O)[O-])C(=O)OC#N.CCC(CC)(C(=O)[O-])C(=O)OC#N.CCC(CC)(C(=O)[O-])C(=O)OC#N.CCC(CC)(C(=O)[O-])C(=O)OC#N.[Zr+4]. The molecule has 0 aliphatic carbocycles. The second-order valence-corrected chi connectivity index (χ2v) is 10.2. The van der Waals surface area contributed by atoms with Crippen molar-refractivity contribution in [2.75, 3.05) is 0 Å². The number of esters is 4. The number of carbonyl (C=O) groups excluding carboxylic acids is 8. The van der Waals surface area contributed by atoms with Gasteiger partial charge < -0.3 is 58.6 Å². The molecule has 21 heteroatoms. The number of carboxylic acids is 4. The van der Waals surface area contributed by atoms with Crippen LogP contribution in [0.2, 0.25) is 0 Å². The van der Waals surface area contributed by atoms with Gasteiger partial charge in [-0.15, -0.1) is 21.0 Å². The number of hydrogen-bond acceptors (Lipinski definition) is 20. The quantitative estimate of drug-likeness (QED) is 0.0721. The molecule has 0 aromatic rings. The molecule has 0 rings (SSSR count). The van der Waals surface area contributed by atoms with Crippen molar-refractivity contribution in [1.29, 1.82) is 21.0 Å². The minimum atomic E-state index is -1.68. The summed E-state index contributed by atoms with van der Waals surface area (Å²) in [5, 5.41) is 75.0. The normalized spacial score (nSPS) is 10.0. The summed E-state index contributed by atoms with van der Waals surface area (Å²) in [4.78, 5) is 87.1. The Bertz CT molecular complexity index is 1220. The maximum atomic E-state index is 11.1. The first-order valence-corrected chi connectivity index (χ1v) is 15.5. The van der Waals surface area contributed by atoms with Crippen molar-refractivity contribution in [1.82, 2.24) is 0 Å². The van der Waals surface area contributed by atoms with E-state index in [0.29, 0.717) is 0 Å². The van der Waals surface area contributed by atoms with Gasteiger partial charge in [0.05, 0.1) is 23.9 Å². The predicted octanol–water partition coefficient (Wildman–Crippen LogP) is -1.73. The fourth-order valence-corrected chi connectivity index (χ4v) is 4.20. The van der Waals surface area contributed by atoms with E-state index in [1.54, 1.807) is 0 Å². The minimum Gasteiger partial charge on any atom is -0.549 e. The van der Waals surface area contributed by atoms with Crippen molar-refractivity contribution in [2.45, 2.75) is 107 Å². The zero-order valence-corrected chi connectivity index (χ0v) is 32.9. The molecule has 0 saturated heterocycles. The van der Waals surface area contributed by atoms with Crippen molar-refractivity contribution in [3.05, 3.63) is 0 Å². The van der Waals surface area contributed by atoms with Crippen LogP contribution in [0.5, 0.6) is 0 Å². The van der Waals surface area contributed by atoms with E-state index in [0.717, 1.165) is 25.0 Å². The van der Waals surface area contributed by atoms with Gasteiger partial charge in [-0.25, -0.2) is 19.2 Å². The summed E-state index contributed by atoms with van der Waals surface area (Å²) >= 11 is 0. The molecule has 0 aliphatic heterocycles. The van der Waals surface area contributed by atoms with Gasteiger partial charge in [-0.05, 0) is 51.4 Å². The molecule has 0 aliphatic rings. The average molecular weight is 828 g/mol. The van der Waals surface area contributed by atoms with E-state index in [2.05, 4.69) is 18.9 Å². The Morgan fingerprint density at radius 3 is 0.547 bits per heavy atom. The topological polar surface area (TPSA) is 361 Å². The molecule has 0 amide bonds. The molecule has 0 spiro atoms. The van der Waals surface area contributed by atoms with E-state index in [1.807, 2.05) is 0 Å². The zero-order chi connectivity index (χ0) is 41.9. The Labute approximate surface area is 325 Å². The molecule has 0 aromatic carbocycles. The average Bonchev–Trinajstić information content (AvgIpc) is 3.09. The summed E-state index contributed by atoms with van der Waals surface area (Å²) in [6.45, 7) is 12.2.